The van der Waals surface area contributed by atoms with Crippen molar-refractivity contribution in [1.82, 2.24) is 10.2 Å². The molecular weight excluding hydrogens is 364 g/mol. The van der Waals surface area contributed by atoms with Crippen molar-refractivity contribution < 1.29 is 14.3 Å². The largest absolute Gasteiger partial charge is 0.496 e. The fraction of sp³-hybridized carbons (Fsp3) is 0.417. The van der Waals surface area contributed by atoms with Crippen LogP contribution in [0.4, 0.5) is 0 Å². The van der Waals surface area contributed by atoms with Crippen molar-refractivity contribution in [3.8, 4) is 5.75 Å². The molecule has 2 unspecified atom stereocenters. The Bertz CT molecular complexity index is 861. The van der Waals surface area contributed by atoms with Crippen LogP contribution in [-0.2, 0) is 4.79 Å². The highest BCUT2D eigenvalue weighted by Crippen LogP contribution is 2.38. The summed E-state index contributed by atoms with van der Waals surface area (Å²) >= 11 is 0. The summed E-state index contributed by atoms with van der Waals surface area (Å²) in [5.74, 6) is 0.671. The van der Waals surface area contributed by atoms with Gasteiger partial charge in [-0.15, -0.1) is 0 Å². The predicted octanol–water partition coefficient (Wildman–Crippen LogP) is 3.63. The number of amides is 2. The molecule has 0 aromatic heterocycles. The number of hydrogen-bond donors (Lipinski definition) is 1. The normalized spacial score (nSPS) is 18.7. The van der Waals surface area contributed by atoms with E-state index in [9.17, 15) is 9.59 Å². The van der Waals surface area contributed by atoms with E-state index < -0.39 is 0 Å². The van der Waals surface area contributed by atoms with Gasteiger partial charge >= 0.3 is 0 Å². The summed E-state index contributed by atoms with van der Waals surface area (Å²) in [5.41, 5.74) is 2.73. The first-order valence-electron chi connectivity index (χ1n) is 10.2. The van der Waals surface area contributed by atoms with Gasteiger partial charge in [0.2, 0.25) is 5.91 Å². The average molecular weight is 395 g/mol. The third kappa shape index (κ3) is 4.78. The molecule has 3 rings (SSSR count). The Morgan fingerprint density at radius 1 is 1.10 bits per heavy atom. The molecule has 2 amide bonds. The van der Waals surface area contributed by atoms with Crippen molar-refractivity contribution in [2.24, 2.45) is 11.8 Å². The molecule has 154 valence electrons. The van der Waals surface area contributed by atoms with Crippen LogP contribution in [0, 0.1) is 18.8 Å². The van der Waals surface area contributed by atoms with E-state index in [1.807, 2.05) is 55.5 Å². The SMILES string of the molecule is COc1ccccc1C1CN(C(=O)c2ccc(C)cc2)CC1C(=O)NCC(C)C. The van der Waals surface area contributed by atoms with Gasteiger partial charge in [-0.1, -0.05) is 49.7 Å². The zero-order valence-electron chi connectivity index (χ0n) is 17.6. The first-order chi connectivity index (χ1) is 13.9. The van der Waals surface area contributed by atoms with E-state index in [0.717, 1.165) is 16.9 Å². The Morgan fingerprint density at radius 2 is 1.79 bits per heavy atom. The molecule has 1 aliphatic rings. The van der Waals surface area contributed by atoms with E-state index in [0.29, 0.717) is 31.1 Å². The van der Waals surface area contributed by atoms with Gasteiger partial charge in [0, 0.05) is 31.1 Å². The van der Waals surface area contributed by atoms with Crippen molar-refractivity contribution >= 4 is 11.8 Å². The van der Waals surface area contributed by atoms with Gasteiger partial charge in [0.15, 0.2) is 0 Å². The van der Waals surface area contributed by atoms with Gasteiger partial charge in [-0.2, -0.15) is 0 Å². The van der Waals surface area contributed by atoms with Crippen molar-refractivity contribution in [2.75, 3.05) is 26.7 Å². The third-order valence-corrected chi connectivity index (χ3v) is 5.47. The molecule has 29 heavy (non-hydrogen) atoms. The zero-order valence-corrected chi connectivity index (χ0v) is 17.6. The highest BCUT2D eigenvalue weighted by molar-refractivity contribution is 5.95. The zero-order chi connectivity index (χ0) is 21.0. The highest BCUT2D eigenvalue weighted by atomic mass is 16.5. The van der Waals surface area contributed by atoms with Crippen molar-refractivity contribution in [2.45, 2.75) is 26.7 Å². The smallest absolute Gasteiger partial charge is 0.253 e. The Morgan fingerprint density at radius 3 is 2.45 bits per heavy atom. The maximum atomic E-state index is 13.1. The number of carbonyl (C=O) groups excluding carboxylic acids is 2. The van der Waals surface area contributed by atoms with E-state index in [1.54, 1.807) is 12.0 Å². The predicted molar refractivity (Wildman–Crippen MR) is 114 cm³/mol. The molecule has 2 atom stereocenters. The summed E-state index contributed by atoms with van der Waals surface area (Å²) in [6, 6.07) is 15.3. The fourth-order valence-electron chi connectivity index (χ4n) is 3.84. The summed E-state index contributed by atoms with van der Waals surface area (Å²) in [7, 11) is 1.64. The molecule has 0 spiro atoms. The number of hydrogen-bond acceptors (Lipinski definition) is 3. The van der Waals surface area contributed by atoms with Crippen LogP contribution in [0.3, 0.4) is 0 Å². The molecule has 0 bridgehead atoms. The summed E-state index contributed by atoms with van der Waals surface area (Å²) in [6.45, 7) is 7.66. The Kier molecular flexibility index (Phi) is 6.57. The van der Waals surface area contributed by atoms with Gasteiger partial charge < -0.3 is 15.0 Å². The molecular formula is C24H30N2O3. The molecule has 0 saturated carbocycles. The first kappa shape index (κ1) is 20.9. The van der Waals surface area contributed by atoms with E-state index >= 15 is 0 Å². The number of methoxy groups -OCH3 is 1. The van der Waals surface area contributed by atoms with Crippen molar-refractivity contribution in [3.63, 3.8) is 0 Å². The minimum Gasteiger partial charge on any atom is -0.496 e. The van der Waals surface area contributed by atoms with E-state index in [4.69, 9.17) is 4.74 Å². The van der Waals surface area contributed by atoms with Crippen LogP contribution >= 0.6 is 0 Å². The van der Waals surface area contributed by atoms with Gasteiger partial charge in [0.1, 0.15) is 5.75 Å². The van der Waals surface area contributed by atoms with Gasteiger partial charge in [-0.05, 0) is 36.6 Å². The summed E-state index contributed by atoms with van der Waals surface area (Å²) < 4.78 is 5.54. The van der Waals surface area contributed by atoms with Gasteiger partial charge in [-0.3, -0.25) is 9.59 Å². The molecule has 5 nitrogen and oxygen atoms in total. The number of aryl methyl sites for hydroxylation is 1. The Balaban J connectivity index is 1.88. The topological polar surface area (TPSA) is 58.6 Å². The number of likely N-dealkylation sites (tertiary alicyclic amines) is 1. The Labute approximate surface area is 173 Å². The van der Waals surface area contributed by atoms with Gasteiger partial charge in [-0.25, -0.2) is 0 Å². The number of carbonyl (C=O) groups is 2. The number of ether oxygens (including phenoxy) is 1. The molecule has 1 heterocycles. The quantitative estimate of drug-likeness (QED) is 0.814. The van der Waals surface area contributed by atoms with Crippen molar-refractivity contribution in [3.05, 3.63) is 65.2 Å². The number of nitrogens with one attached hydrogen (secondary N) is 1. The molecule has 0 aliphatic carbocycles. The van der Waals surface area contributed by atoms with Crippen LogP contribution in [0.25, 0.3) is 0 Å². The lowest BCUT2D eigenvalue weighted by Crippen LogP contribution is -2.37. The van der Waals surface area contributed by atoms with Gasteiger partial charge in [0.25, 0.3) is 5.91 Å². The van der Waals surface area contributed by atoms with Crippen LogP contribution in [-0.4, -0.2) is 43.5 Å². The molecule has 0 radical (unpaired) electrons. The molecule has 1 fully saturated rings. The molecule has 1 aliphatic heterocycles. The lowest BCUT2D eigenvalue weighted by molar-refractivity contribution is -0.125. The lowest BCUT2D eigenvalue weighted by Gasteiger charge is -2.20. The Hall–Kier alpha value is -2.82. The lowest BCUT2D eigenvalue weighted by atomic mass is 9.87. The minimum atomic E-state index is -0.306. The second kappa shape index (κ2) is 9.12. The van der Waals surface area contributed by atoms with Crippen LogP contribution in [0.15, 0.2) is 48.5 Å². The number of para-hydroxylation sites is 1. The van der Waals surface area contributed by atoms with Crippen LogP contribution < -0.4 is 10.1 Å². The molecule has 2 aromatic carbocycles. The van der Waals surface area contributed by atoms with Crippen LogP contribution in [0.1, 0.15) is 41.3 Å². The van der Waals surface area contributed by atoms with Gasteiger partial charge in [0.05, 0.1) is 13.0 Å². The maximum Gasteiger partial charge on any atom is 0.253 e. The fourth-order valence-corrected chi connectivity index (χ4v) is 3.84. The maximum absolute atomic E-state index is 13.1. The van der Waals surface area contributed by atoms with Crippen LogP contribution in [0.5, 0.6) is 5.75 Å². The van der Waals surface area contributed by atoms with E-state index in [2.05, 4.69) is 19.2 Å². The summed E-state index contributed by atoms with van der Waals surface area (Å²) in [6.07, 6.45) is 0. The number of rotatable bonds is 6. The molecule has 5 heteroatoms. The van der Waals surface area contributed by atoms with Crippen LogP contribution in [0.2, 0.25) is 0 Å². The van der Waals surface area contributed by atoms with E-state index in [-0.39, 0.29) is 23.7 Å². The average Bonchev–Trinajstić information content (AvgIpc) is 3.17. The molecule has 1 saturated heterocycles. The second-order valence-electron chi connectivity index (χ2n) is 8.17. The number of benzene rings is 2. The van der Waals surface area contributed by atoms with Crippen molar-refractivity contribution in [1.29, 1.82) is 0 Å². The monoisotopic (exact) mass is 394 g/mol. The minimum absolute atomic E-state index is 0.00573. The standard InChI is InChI=1S/C24H30N2O3/c1-16(2)13-25-23(27)21-15-26(24(28)18-11-9-17(3)10-12-18)14-20(21)19-7-5-6-8-22(19)29-4/h5-12,16,20-21H,13-15H2,1-4H3,(H,25,27). The first-order valence-corrected chi connectivity index (χ1v) is 10.2. The number of nitrogens with zero attached hydrogens (tertiary/aromatic N) is 1. The molecule has 2 aromatic rings. The highest BCUT2D eigenvalue weighted by Gasteiger charge is 2.41. The van der Waals surface area contributed by atoms with E-state index in [1.165, 1.54) is 0 Å². The summed E-state index contributed by atoms with van der Waals surface area (Å²) in [5, 5.41) is 3.05. The third-order valence-electron chi connectivity index (χ3n) is 5.47. The summed E-state index contributed by atoms with van der Waals surface area (Å²) in [4.78, 5) is 27.9. The second-order valence-corrected chi connectivity index (χ2v) is 8.17. The molecule has 1 N–H and O–H groups in total.